The van der Waals surface area contributed by atoms with Gasteiger partial charge in [0, 0.05) is 42.3 Å². The molecule has 1 aromatic carbocycles. The summed E-state index contributed by atoms with van der Waals surface area (Å²) in [5.74, 6) is 2.46. The fourth-order valence-corrected chi connectivity index (χ4v) is 3.43. The molecule has 1 aliphatic rings. The molecule has 0 bridgehead atoms. The standard InChI is InChI=1S/C19H24BrN5O/c1-14-23-17(13-18(24-14)25-10-3-2-4-11-25)21-8-9-22-19(26)15-6-5-7-16(20)12-15/h5-7,12-13H,2-4,8-11H2,1H3,(H,22,26)(H,21,23,24). The van der Waals surface area contributed by atoms with Crippen molar-refractivity contribution in [2.45, 2.75) is 26.2 Å². The first kappa shape index (κ1) is 18.6. The van der Waals surface area contributed by atoms with E-state index in [0.29, 0.717) is 18.7 Å². The summed E-state index contributed by atoms with van der Waals surface area (Å²) < 4.78 is 0.893. The van der Waals surface area contributed by atoms with E-state index < -0.39 is 0 Å². The smallest absolute Gasteiger partial charge is 0.251 e. The third kappa shape index (κ3) is 5.17. The van der Waals surface area contributed by atoms with E-state index in [4.69, 9.17) is 0 Å². The summed E-state index contributed by atoms with van der Waals surface area (Å²) in [6.45, 7) is 5.15. The molecule has 2 heterocycles. The Morgan fingerprint density at radius 1 is 1.15 bits per heavy atom. The number of carbonyl (C=O) groups excluding carboxylic acids is 1. The first-order valence-corrected chi connectivity index (χ1v) is 9.79. The largest absolute Gasteiger partial charge is 0.368 e. The van der Waals surface area contributed by atoms with E-state index in [1.165, 1.54) is 19.3 Å². The van der Waals surface area contributed by atoms with Gasteiger partial charge in [-0.1, -0.05) is 22.0 Å². The van der Waals surface area contributed by atoms with Crippen LogP contribution in [0.1, 0.15) is 35.4 Å². The molecule has 0 unspecified atom stereocenters. The fourth-order valence-electron chi connectivity index (χ4n) is 3.03. The van der Waals surface area contributed by atoms with Crippen molar-refractivity contribution < 1.29 is 4.79 Å². The fraction of sp³-hybridized carbons (Fsp3) is 0.421. The summed E-state index contributed by atoms with van der Waals surface area (Å²) in [4.78, 5) is 23.5. The van der Waals surface area contributed by atoms with E-state index in [1.807, 2.05) is 25.1 Å². The molecule has 1 aliphatic heterocycles. The van der Waals surface area contributed by atoms with Crippen molar-refractivity contribution in [2.24, 2.45) is 0 Å². The van der Waals surface area contributed by atoms with Crippen LogP contribution in [0.3, 0.4) is 0 Å². The Morgan fingerprint density at radius 2 is 1.96 bits per heavy atom. The highest BCUT2D eigenvalue weighted by atomic mass is 79.9. The van der Waals surface area contributed by atoms with E-state index in [0.717, 1.165) is 35.0 Å². The van der Waals surface area contributed by atoms with E-state index in [2.05, 4.69) is 41.4 Å². The third-order valence-corrected chi connectivity index (χ3v) is 4.80. The summed E-state index contributed by atoms with van der Waals surface area (Å²) in [5.41, 5.74) is 0.643. The average molecular weight is 418 g/mol. The third-order valence-electron chi connectivity index (χ3n) is 4.31. The maximum absolute atomic E-state index is 12.1. The highest BCUT2D eigenvalue weighted by molar-refractivity contribution is 9.10. The number of rotatable bonds is 6. The topological polar surface area (TPSA) is 70.2 Å². The van der Waals surface area contributed by atoms with Gasteiger partial charge in [-0.15, -0.1) is 0 Å². The molecule has 26 heavy (non-hydrogen) atoms. The molecule has 2 aromatic rings. The number of carbonyl (C=O) groups is 1. The lowest BCUT2D eigenvalue weighted by molar-refractivity contribution is 0.0955. The second-order valence-electron chi connectivity index (χ2n) is 6.40. The number of anilines is 2. The van der Waals surface area contributed by atoms with Crippen LogP contribution in [0.4, 0.5) is 11.6 Å². The van der Waals surface area contributed by atoms with Crippen LogP contribution in [0.2, 0.25) is 0 Å². The van der Waals surface area contributed by atoms with Gasteiger partial charge >= 0.3 is 0 Å². The monoisotopic (exact) mass is 417 g/mol. The molecule has 2 N–H and O–H groups in total. The highest BCUT2D eigenvalue weighted by Crippen LogP contribution is 2.20. The number of hydrogen-bond donors (Lipinski definition) is 2. The van der Waals surface area contributed by atoms with Gasteiger partial charge in [-0.25, -0.2) is 9.97 Å². The Balaban J connectivity index is 1.51. The number of aromatic nitrogens is 2. The van der Waals surface area contributed by atoms with Crippen molar-refractivity contribution in [2.75, 3.05) is 36.4 Å². The van der Waals surface area contributed by atoms with Crippen molar-refractivity contribution in [3.05, 3.63) is 46.2 Å². The van der Waals surface area contributed by atoms with Gasteiger partial charge in [0.2, 0.25) is 0 Å². The summed E-state index contributed by atoms with van der Waals surface area (Å²) >= 11 is 3.38. The molecule has 0 saturated carbocycles. The first-order chi connectivity index (χ1) is 12.6. The quantitative estimate of drug-likeness (QED) is 0.704. The minimum absolute atomic E-state index is 0.0824. The van der Waals surface area contributed by atoms with Crippen molar-refractivity contribution >= 4 is 33.5 Å². The molecule has 0 aliphatic carbocycles. The summed E-state index contributed by atoms with van der Waals surface area (Å²) in [5, 5.41) is 6.19. The SMILES string of the molecule is Cc1nc(NCCNC(=O)c2cccc(Br)c2)cc(N2CCCCC2)n1. The Morgan fingerprint density at radius 3 is 2.73 bits per heavy atom. The van der Waals surface area contributed by atoms with Crippen LogP contribution in [-0.2, 0) is 0 Å². The zero-order valence-electron chi connectivity index (χ0n) is 15.0. The van der Waals surface area contributed by atoms with Crippen LogP contribution in [0.5, 0.6) is 0 Å². The molecule has 3 rings (SSSR count). The van der Waals surface area contributed by atoms with Crippen LogP contribution in [0.25, 0.3) is 0 Å². The van der Waals surface area contributed by atoms with Gasteiger partial charge in [0.05, 0.1) is 0 Å². The maximum Gasteiger partial charge on any atom is 0.251 e. The van der Waals surface area contributed by atoms with Gasteiger partial charge in [-0.2, -0.15) is 0 Å². The van der Waals surface area contributed by atoms with Crippen LogP contribution in [-0.4, -0.2) is 42.1 Å². The molecule has 0 spiro atoms. The van der Waals surface area contributed by atoms with Crippen LogP contribution in [0.15, 0.2) is 34.8 Å². The molecular weight excluding hydrogens is 394 g/mol. The van der Waals surface area contributed by atoms with E-state index >= 15 is 0 Å². The maximum atomic E-state index is 12.1. The Bertz CT molecular complexity index is 761. The molecule has 1 aromatic heterocycles. The zero-order valence-corrected chi connectivity index (χ0v) is 16.6. The summed E-state index contributed by atoms with van der Waals surface area (Å²) in [6.07, 6.45) is 3.73. The van der Waals surface area contributed by atoms with Crippen molar-refractivity contribution in [1.82, 2.24) is 15.3 Å². The van der Waals surface area contributed by atoms with Crippen LogP contribution in [0, 0.1) is 6.92 Å². The summed E-state index contributed by atoms with van der Waals surface area (Å²) in [6, 6.07) is 9.35. The number of aryl methyl sites for hydroxylation is 1. The highest BCUT2D eigenvalue weighted by Gasteiger charge is 2.13. The number of nitrogens with zero attached hydrogens (tertiary/aromatic N) is 3. The Labute approximate surface area is 162 Å². The molecule has 1 amide bonds. The second kappa shape index (κ2) is 8.98. The Kier molecular flexibility index (Phi) is 6.44. The normalized spacial score (nSPS) is 14.2. The number of hydrogen-bond acceptors (Lipinski definition) is 5. The first-order valence-electron chi connectivity index (χ1n) is 9.00. The van der Waals surface area contributed by atoms with Crippen molar-refractivity contribution in [1.29, 1.82) is 0 Å². The lowest BCUT2D eigenvalue weighted by Gasteiger charge is -2.28. The molecule has 1 fully saturated rings. The number of nitrogens with one attached hydrogen (secondary N) is 2. The van der Waals surface area contributed by atoms with Gasteiger partial charge in [-0.05, 0) is 44.4 Å². The number of halogens is 1. The van der Waals surface area contributed by atoms with E-state index in [9.17, 15) is 4.79 Å². The minimum Gasteiger partial charge on any atom is -0.368 e. The number of benzene rings is 1. The lowest BCUT2D eigenvalue weighted by Crippen LogP contribution is -2.31. The van der Waals surface area contributed by atoms with Crippen molar-refractivity contribution in [3.63, 3.8) is 0 Å². The molecular formula is C19H24BrN5O. The van der Waals surface area contributed by atoms with Crippen LogP contribution >= 0.6 is 15.9 Å². The molecule has 7 heteroatoms. The van der Waals surface area contributed by atoms with E-state index in [-0.39, 0.29) is 5.91 Å². The zero-order chi connectivity index (χ0) is 18.4. The second-order valence-corrected chi connectivity index (χ2v) is 7.32. The van der Waals surface area contributed by atoms with Gasteiger partial charge in [0.25, 0.3) is 5.91 Å². The predicted octanol–water partition coefficient (Wildman–Crippen LogP) is 3.38. The summed E-state index contributed by atoms with van der Waals surface area (Å²) in [7, 11) is 0. The molecule has 0 radical (unpaired) electrons. The number of amides is 1. The number of piperidine rings is 1. The molecule has 138 valence electrons. The minimum atomic E-state index is -0.0824. The Hall–Kier alpha value is -2.15. The lowest BCUT2D eigenvalue weighted by atomic mass is 10.1. The van der Waals surface area contributed by atoms with Crippen LogP contribution < -0.4 is 15.5 Å². The van der Waals surface area contributed by atoms with Gasteiger partial charge in [0.15, 0.2) is 0 Å². The van der Waals surface area contributed by atoms with Gasteiger partial charge in [0.1, 0.15) is 17.5 Å². The van der Waals surface area contributed by atoms with E-state index in [1.54, 1.807) is 12.1 Å². The van der Waals surface area contributed by atoms with Gasteiger partial charge < -0.3 is 15.5 Å². The average Bonchev–Trinajstić information content (AvgIpc) is 2.65. The molecule has 6 nitrogen and oxygen atoms in total. The molecule has 0 atom stereocenters. The van der Waals surface area contributed by atoms with Crippen molar-refractivity contribution in [3.8, 4) is 0 Å². The predicted molar refractivity (Wildman–Crippen MR) is 108 cm³/mol. The van der Waals surface area contributed by atoms with Gasteiger partial charge in [-0.3, -0.25) is 4.79 Å². The molecule has 1 saturated heterocycles.